The Kier molecular flexibility index (Phi) is 5.33. The molecular formula is C17H21N3O3S. The van der Waals surface area contributed by atoms with Crippen LogP contribution >= 0.6 is 11.3 Å². The summed E-state index contributed by atoms with van der Waals surface area (Å²) in [5.41, 5.74) is 1.32. The molecule has 0 saturated carbocycles. The zero-order chi connectivity index (χ0) is 17.9. The van der Waals surface area contributed by atoms with Crippen LogP contribution in [0.4, 0.5) is 5.69 Å². The maximum atomic E-state index is 12.2. The van der Waals surface area contributed by atoms with Crippen LogP contribution in [0.25, 0.3) is 0 Å². The van der Waals surface area contributed by atoms with E-state index in [2.05, 4.69) is 31.1 Å². The van der Waals surface area contributed by atoms with E-state index in [4.69, 9.17) is 0 Å². The van der Waals surface area contributed by atoms with E-state index in [9.17, 15) is 14.9 Å². The molecule has 128 valence electrons. The van der Waals surface area contributed by atoms with Gasteiger partial charge in [0.2, 0.25) is 5.91 Å². The Bertz CT molecular complexity index is 750. The molecule has 1 aromatic heterocycles. The van der Waals surface area contributed by atoms with Gasteiger partial charge in [0.15, 0.2) is 0 Å². The molecule has 0 spiro atoms. The summed E-state index contributed by atoms with van der Waals surface area (Å²) < 4.78 is 0. The highest BCUT2D eigenvalue weighted by atomic mass is 32.1. The first-order chi connectivity index (χ1) is 11.2. The topological polar surface area (TPSA) is 85.1 Å². The molecule has 1 atom stereocenters. The van der Waals surface area contributed by atoms with Gasteiger partial charge in [-0.25, -0.2) is 4.98 Å². The lowest BCUT2D eigenvalue weighted by atomic mass is 9.93. The van der Waals surface area contributed by atoms with E-state index in [1.807, 2.05) is 12.3 Å². The number of nitro benzene ring substituents is 1. The highest BCUT2D eigenvalue weighted by Crippen LogP contribution is 2.27. The number of thiazole rings is 1. The monoisotopic (exact) mass is 347 g/mol. The van der Waals surface area contributed by atoms with Crippen molar-refractivity contribution in [1.82, 2.24) is 10.3 Å². The van der Waals surface area contributed by atoms with Crippen molar-refractivity contribution in [2.45, 2.75) is 45.6 Å². The van der Waals surface area contributed by atoms with E-state index in [1.54, 1.807) is 18.2 Å². The number of hydrogen-bond acceptors (Lipinski definition) is 5. The average Bonchev–Trinajstić information content (AvgIpc) is 2.97. The summed E-state index contributed by atoms with van der Waals surface area (Å²) >= 11 is 1.51. The maximum absolute atomic E-state index is 12.2. The van der Waals surface area contributed by atoms with Gasteiger partial charge in [0.25, 0.3) is 5.69 Å². The highest BCUT2D eigenvalue weighted by molar-refractivity contribution is 7.09. The molecule has 0 aliphatic rings. The van der Waals surface area contributed by atoms with Gasteiger partial charge in [-0.15, -0.1) is 11.3 Å². The average molecular weight is 347 g/mol. The Balaban J connectivity index is 2.05. The van der Waals surface area contributed by atoms with Crippen LogP contribution in [0.1, 0.15) is 50.0 Å². The van der Waals surface area contributed by atoms with Gasteiger partial charge in [0.1, 0.15) is 5.01 Å². The minimum atomic E-state index is -0.470. The van der Waals surface area contributed by atoms with Gasteiger partial charge in [0.05, 0.1) is 23.1 Å². The second-order valence-corrected chi connectivity index (χ2v) is 7.56. The zero-order valence-corrected chi connectivity index (χ0v) is 15.0. The number of rotatable bonds is 5. The molecule has 0 unspecified atom stereocenters. The molecule has 1 aromatic carbocycles. The molecule has 2 rings (SSSR count). The van der Waals surface area contributed by atoms with E-state index in [0.29, 0.717) is 5.56 Å². The van der Waals surface area contributed by atoms with Crippen LogP contribution in [0.15, 0.2) is 29.6 Å². The number of para-hydroxylation sites is 1. The van der Waals surface area contributed by atoms with Crippen LogP contribution in [0.2, 0.25) is 0 Å². The largest absolute Gasteiger partial charge is 0.347 e. The number of nitro groups is 1. The molecule has 1 amide bonds. The van der Waals surface area contributed by atoms with Crippen molar-refractivity contribution in [2.75, 3.05) is 0 Å². The third-order valence-corrected chi connectivity index (χ3v) is 4.61. The van der Waals surface area contributed by atoms with Gasteiger partial charge in [-0.1, -0.05) is 39.0 Å². The van der Waals surface area contributed by atoms with E-state index < -0.39 is 4.92 Å². The number of hydrogen-bond donors (Lipinski definition) is 1. The lowest BCUT2D eigenvalue weighted by Crippen LogP contribution is -2.28. The van der Waals surface area contributed by atoms with E-state index in [1.165, 1.54) is 17.4 Å². The van der Waals surface area contributed by atoms with E-state index in [-0.39, 0.29) is 29.5 Å². The van der Waals surface area contributed by atoms with E-state index >= 15 is 0 Å². The molecule has 0 aliphatic heterocycles. The Morgan fingerprint density at radius 2 is 2.04 bits per heavy atom. The summed E-state index contributed by atoms with van der Waals surface area (Å²) in [6, 6.07) is 6.05. The number of carbonyl (C=O) groups excluding carboxylic acids is 1. The van der Waals surface area contributed by atoms with Crippen molar-refractivity contribution in [2.24, 2.45) is 0 Å². The third-order valence-electron chi connectivity index (χ3n) is 3.58. The Hall–Kier alpha value is -2.28. The molecule has 2 aromatic rings. The van der Waals surface area contributed by atoms with Crippen LogP contribution in [0, 0.1) is 10.1 Å². The molecular weight excluding hydrogens is 326 g/mol. The molecule has 7 heteroatoms. The fourth-order valence-corrected chi connectivity index (χ4v) is 3.25. The number of nitrogens with one attached hydrogen (secondary N) is 1. The molecule has 0 saturated heterocycles. The Morgan fingerprint density at radius 1 is 1.38 bits per heavy atom. The first kappa shape index (κ1) is 18.1. The second-order valence-electron chi connectivity index (χ2n) is 6.67. The molecule has 0 aliphatic carbocycles. The fourth-order valence-electron chi connectivity index (χ4n) is 2.20. The van der Waals surface area contributed by atoms with Crippen molar-refractivity contribution in [3.63, 3.8) is 0 Å². The van der Waals surface area contributed by atoms with Gasteiger partial charge in [-0.05, 0) is 6.92 Å². The first-order valence-electron chi connectivity index (χ1n) is 7.66. The van der Waals surface area contributed by atoms with Crippen LogP contribution in [0.5, 0.6) is 0 Å². The number of benzene rings is 1. The van der Waals surface area contributed by atoms with Crippen LogP contribution < -0.4 is 5.32 Å². The minimum absolute atomic E-state index is 0.0288. The summed E-state index contributed by atoms with van der Waals surface area (Å²) in [5, 5.41) is 16.7. The number of nitrogens with zero attached hydrogens (tertiary/aromatic N) is 2. The summed E-state index contributed by atoms with van der Waals surface area (Å²) in [5.74, 6) is -0.260. The van der Waals surface area contributed by atoms with Gasteiger partial charge in [-0.2, -0.15) is 0 Å². The van der Waals surface area contributed by atoms with Crippen LogP contribution in [-0.4, -0.2) is 15.8 Å². The number of amides is 1. The van der Waals surface area contributed by atoms with Crippen LogP contribution in [-0.2, 0) is 16.6 Å². The van der Waals surface area contributed by atoms with E-state index in [0.717, 1.165) is 10.7 Å². The highest BCUT2D eigenvalue weighted by Gasteiger charge is 2.21. The summed E-state index contributed by atoms with van der Waals surface area (Å²) in [7, 11) is 0. The predicted molar refractivity (Wildman–Crippen MR) is 94.2 cm³/mol. The Labute approximate surface area is 145 Å². The number of aromatic nitrogens is 1. The van der Waals surface area contributed by atoms with Crippen molar-refractivity contribution in [3.8, 4) is 0 Å². The lowest BCUT2D eigenvalue weighted by molar-refractivity contribution is -0.385. The smallest absolute Gasteiger partial charge is 0.273 e. The summed E-state index contributed by atoms with van der Waals surface area (Å²) in [4.78, 5) is 27.3. The van der Waals surface area contributed by atoms with Gasteiger partial charge in [0, 0.05) is 22.4 Å². The van der Waals surface area contributed by atoms with Gasteiger partial charge >= 0.3 is 0 Å². The predicted octanol–water partition coefficient (Wildman–Crippen LogP) is 3.77. The van der Waals surface area contributed by atoms with Crippen molar-refractivity contribution < 1.29 is 9.72 Å². The van der Waals surface area contributed by atoms with Crippen LogP contribution in [0.3, 0.4) is 0 Å². The minimum Gasteiger partial charge on any atom is -0.347 e. The fraction of sp³-hybridized carbons (Fsp3) is 0.412. The second kappa shape index (κ2) is 7.09. The van der Waals surface area contributed by atoms with Crippen molar-refractivity contribution in [1.29, 1.82) is 0 Å². The van der Waals surface area contributed by atoms with Crippen molar-refractivity contribution >= 4 is 22.9 Å². The molecule has 0 fully saturated rings. The Morgan fingerprint density at radius 3 is 2.62 bits per heavy atom. The standard InChI is InChI=1S/C17H21N3O3S/c1-11(16-19-14(10-24-16)17(2,3)4)18-15(21)9-12-7-5-6-8-13(12)20(22)23/h5-8,10-11H,9H2,1-4H3,(H,18,21)/t11-/m1/s1. The maximum Gasteiger partial charge on any atom is 0.273 e. The van der Waals surface area contributed by atoms with Gasteiger partial charge < -0.3 is 5.32 Å². The SMILES string of the molecule is C[C@@H](NC(=O)Cc1ccccc1[N+](=O)[O-])c1nc(C(C)(C)C)cs1. The summed E-state index contributed by atoms with van der Waals surface area (Å²) in [6.45, 7) is 8.12. The quantitative estimate of drug-likeness (QED) is 0.659. The zero-order valence-electron chi connectivity index (χ0n) is 14.2. The lowest BCUT2D eigenvalue weighted by Gasteiger charge is -2.15. The molecule has 1 N–H and O–H groups in total. The van der Waals surface area contributed by atoms with Crippen molar-refractivity contribution in [3.05, 3.63) is 56.0 Å². The molecule has 6 nitrogen and oxygen atoms in total. The molecule has 1 heterocycles. The third kappa shape index (κ3) is 4.38. The summed E-state index contributed by atoms with van der Waals surface area (Å²) in [6.07, 6.45) is -0.0288. The molecule has 0 bridgehead atoms. The first-order valence-corrected chi connectivity index (χ1v) is 8.54. The normalized spacial score (nSPS) is 12.7. The molecule has 24 heavy (non-hydrogen) atoms. The number of carbonyl (C=O) groups is 1. The molecule has 0 radical (unpaired) electrons. The van der Waals surface area contributed by atoms with Gasteiger partial charge in [-0.3, -0.25) is 14.9 Å².